The topological polar surface area (TPSA) is 51.6 Å². The summed E-state index contributed by atoms with van der Waals surface area (Å²) in [5.74, 6) is 0. The summed E-state index contributed by atoms with van der Waals surface area (Å²) in [6.45, 7) is 0. The summed E-state index contributed by atoms with van der Waals surface area (Å²) in [5, 5.41) is 12.4. The van der Waals surface area contributed by atoms with E-state index < -0.39 is 0 Å². The van der Waals surface area contributed by atoms with E-state index in [1.165, 1.54) is 109 Å². The number of pyridine rings is 4. The lowest BCUT2D eigenvalue weighted by Crippen LogP contribution is -1.94. The van der Waals surface area contributed by atoms with Crippen LogP contribution < -0.4 is 0 Å². The normalized spacial score (nSPS) is 12.2. The zero-order chi connectivity index (χ0) is 40.5. The Morgan fingerprint density at radius 2 is 0.548 bits per heavy atom. The van der Waals surface area contributed by atoms with Gasteiger partial charge in [0.2, 0.25) is 0 Å². The number of nitrogens with zero attached hydrogens (tertiary/aromatic N) is 4. The van der Waals surface area contributed by atoms with Crippen molar-refractivity contribution in [1.82, 2.24) is 19.9 Å². The molecule has 8 aromatic carbocycles. The van der Waals surface area contributed by atoms with E-state index in [1.54, 1.807) is 0 Å². The van der Waals surface area contributed by atoms with Gasteiger partial charge in [-0.15, -0.1) is 0 Å². The lowest BCUT2D eigenvalue weighted by molar-refractivity contribution is 1.30. The maximum absolute atomic E-state index is 4.68. The summed E-state index contributed by atoms with van der Waals surface area (Å²) in [6.07, 6.45) is 15.3. The molecule has 12 aromatic rings. The number of rotatable bonds is 4. The molecule has 0 saturated heterocycles. The Hall–Kier alpha value is -8.34. The van der Waals surface area contributed by atoms with Gasteiger partial charge in [0, 0.05) is 60.7 Å². The minimum atomic E-state index is 1.07. The molecule has 0 radical (unpaired) electrons. The molecular formula is C58H32N4. The molecule has 0 spiro atoms. The first-order valence-electron chi connectivity index (χ1n) is 21.1. The van der Waals surface area contributed by atoms with Gasteiger partial charge >= 0.3 is 0 Å². The highest BCUT2D eigenvalue weighted by Crippen LogP contribution is 2.54. The quantitative estimate of drug-likeness (QED) is 0.167. The van der Waals surface area contributed by atoms with Crippen molar-refractivity contribution >= 4 is 53.9 Å². The van der Waals surface area contributed by atoms with Gasteiger partial charge in [0.1, 0.15) is 0 Å². The zero-order valence-electron chi connectivity index (χ0n) is 33.3. The minimum absolute atomic E-state index is 1.07. The molecule has 0 atom stereocenters. The fraction of sp³-hybridized carbons (Fsp3) is 0. The van der Waals surface area contributed by atoms with Gasteiger partial charge in [0.05, 0.1) is 0 Å². The van der Waals surface area contributed by atoms with Gasteiger partial charge in [-0.3, -0.25) is 19.9 Å². The Labute approximate surface area is 356 Å². The first-order valence-corrected chi connectivity index (χ1v) is 21.1. The van der Waals surface area contributed by atoms with Gasteiger partial charge in [-0.2, -0.15) is 0 Å². The van der Waals surface area contributed by atoms with Crippen LogP contribution in [0.1, 0.15) is 0 Å². The molecule has 284 valence electrons. The van der Waals surface area contributed by atoms with Crippen LogP contribution in [0.5, 0.6) is 0 Å². The van der Waals surface area contributed by atoms with E-state index in [4.69, 9.17) is 0 Å². The second kappa shape index (κ2) is 12.6. The average Bonchev–Trinajstić information content (AvgIpc) is 3.83. The molecule has 0 N–H and O–H groups in total. The van der Waals surface area contributed by atoms with E-state index in [2.05, 4.69) is 166 Å². The minimum Gasteiger partial charge on any atom is -0.265 e. The predicted molar refractivity (Wildman–Crippen MR) is 256 cm³/mol. The maximum Gasteiger partial charge on any atom is 0.0352 e. The maximum atomic E-state index is 4.68. The number of hydrogen-bond acceptors (Lipinski definition) is 4. The van der Waals surface area contributed by atoms with Crippen molar-refractivity contribution in [2.24, 2.45) is 0 Å². The SMILES string of the molecule is c1cc2c3c(cccc3c1)-c1cc3c(cc1-2)c(-c1ccncc1-c1ccncc1)cc1c2cc4c(cc2c(-c2ccncc2-c2ccncc2)cc31)-c1cccc2cccc-4c12. The summed E-state index contributed by atoms with van der Waals surface area (Å²) >= 11 is 0. The molecule has 4 heterocycles. The molecule has 4 heteroatoms. The van der Waals surface area contributed by atoms with Crippen LogP contribution >= 0.6 is 0 Å². The van der Waals surface area contributed by atoms with Crippen LogP contribution in [0, 0.1) is 0 Å². The van der Waals surface area contributed by atoms with Gasteiger partial charge in [-0.1, -0.05) is 72.8 Å². The molecule has 0 fully saturated rings. The lowest BCUT2D eigenvalue weighted by atomic mass is 9.83. The largest absolute Gasteiger partial charge is 0.265 e. The number of fused-ring (bicyclic) bond motifs is 11. The third-order valence-corrected chi connectivity index (χ3v) is 13.5. The van der Waals surface area contributed by atoms with E-state index >= 15 is 0 Å². The van der Waals surface area contributed by atoms with E-state index in [-0.39, 0.29) is 0 Å². The highest BCUT2D eigenvalue weighted by atomic mass is 14.6. The van der Waals surface area contributed by atoms with Gasteiger partial charge in [-0.25, -0.2) is 0 Å². The Morgan fingerprint density at radius 3 is 0.935 bits per heavy atom. The van der Waals surface area contributed by atoms with Gasteiger partial charge < -0.3 is 0 Å². The number of benzene rings is 8. The average molecular weight is 785 g/mol. The fourth-order valence-corrected chi connectivity index (χ4v) is 10.8. The van der Waals surface area contributed by atoms with Crippen LogP contribution in [0.4, 0.5) is 0 Å². The second-order valence-electron chi connectivity index (χ2n) is 16.6. The fourth-order valence-electron chi connectivity index (χ4n) is 10.8. The monoisotopic (exact) mass is 784 g/mol. The van der Waals surface area contributed by atoms with Gasteiger partial charge in [-0.05, 0) is 205 Å². The zero-order valence-corrected chi connectivity index (χ0v) is 33.3. The van der Waals surface area contributed by atoms with Gasteiger partial charge in [0.25, 0.3) is 0 Å². The van der Waals surface area contributed by atoms with E-state index in [0.29, 0.717) is 0 Å². The molecule has 62 heavy (non-hydrogen) atoms. The smallest absolute Gasteiger partial charge is 0.0352 e. The molecule has 4 aromatic heterocycles. The molecule has 0 bridgehead atoms. The lowest BCUT2D eigenvalue weighted by Gasteiger charge is -2.20. The van der Waals surface area contributed by atoms with Crippen LogP contribution in [0.3, 0.4) is 0 Å². The molecule has 0 amide bonds. The molecule has 0 aliphatic heterocycles. The Kier molecular flexibility index (Phi) is 6.80. The summed E-state index contributed by atoms with van der Waals surface area (Å²) in [5.41, 5.74) is 19.1. The van der Waals surface area contributed by atoms with Crippen LogP contribution in [-0.2, 0) is 0 Å². The second-order valence-corrected chi connectivity index (χ2v) is 16.6. The first-order chi connectivity index (χ1) is 30.8. The summed E-state index contributed by atoms with van der Waals surface area (Å²) in [4.78, 5) is 18.1. The van der Waals surface area contributed by atoms with Crippen molar-refractivity contribution in [2.45, 2.75) is 0 Å². The Balaban J connectivity index is 1.18. The number of aromatic nitrogens is 4. The van der Waals surface area contributed by atoms with Crippen LogP contribution in [-0.4, -0.2) is 19.9 Å². The summed E-state index contributed by atoms with van der Waals surface area (Å²) in [7, 11) is 0. The van der Waals surface area contributed by atoms with E-state index in [9.17, 15) is 0 Å². The van der Waals surface area contributed by atoms with E-state index in [0.717, 1.165) is 33.4 Å². The molecule has 0 unspecified atom stereocenters. The number of hydrogen-bond donors (Lipinski definition) is 0. The standard InChI is InChI=1S/C58H32N4/c1-5-35-7-3-11-41-47-29-53-49(27-45(47)39(9-1)57(35)41)43(37-17-23-61-31-55(37)33-13-19-59-20-14-33)25-52-51(53)26-44(38-18-24-62-32-56(38)34-15-21-60-22-16-34)50-28-46-40-10-2-6-36-8-4-12-42(58(36)40)48(46)30-54(50)52/h1-32H. The Bertz CT molecular complexity index is 3640. The molecule has 2 aliphatic carbocycles. The van der Waals surface area contributed by atoms with Crippen LogP contribution in [0.2, 0.25) is 0 Å². The van der Waals surface area contributed by atoms with Crippen molar-refractivity contribution in [2.75, 3.05) is 0 Å². The molecule has 2 aliphatic rings. The van der Waals surface area contributed by atoms with Crippen molar-refractivity contribution in [1.29, 1.82) is 0 Å². The van der Waals surface area contributed by atoms with Crippen molar-refractivity contribution in [3.63, 3.8) is 0 Å². The third-order valence-electron chi connectivity index (χ3n) is 13.5. The van der Waals surface area contributed by atoms with Crippen molar-refractivity contribution in [3.8, 4) is 89.0 Å². The predicted octanol–water partition coefficient (Wildman–Crippen LogP) is 15.0. The molecule has 4 nitrogen and oxygen atoms in total. The highest BCUT2D eigenvalue weighted by molar-refractivity contribution is 6.29. The summed E-state index contributed by atoms with van der Waals surface area (Å²) < 4.78 is 0. The third kappa shape index (κ3) is 4.61. The van der Waals surface area contributed by atoms with Gasteiger partial charge in [0.15, 0.2) is 0 Å². The van der Waals surface area contributed by atoms with Crippen molar-refractivity contribution < 1.29 is 0 Å². The Morgan fingerprint density at radius 1 is 0.226 bits per heavy atom. The molecular weight excluding hydrogens is 753 g/mol. The van der Waals surface area contributed by atoms with Crippen LogP contribution in [0.15, 0.2) is 195 Å². The van der Waals surface area contributed by atoms with E-state index in [1.807, 2.05) is 49.6 Å². The van der Waals surface area contributed by atoms with Crippen LogP contribution in [0.25, 0.3) is 143 Å². The highest BCUT2D eigenvalue weighted by Gasteiger charge is 2.27. The summed E-state index contributed by atoms with van der Waals surface area (Å²) in [6, 6.07) is 54.4. The molecule has 0 saturated carbocycles. The molecule has 14 rings (SSSR count). The van der Waals surface area contributed by atoms with Crippen molar-refractivity contribution in [3.05, 3.63) is 195 Å². The first kappa shape index (κ1) is 33.5.